The molecule has 2 saturated carbocycles. The monoisotopic (exact) mass is 564 g/mol. The molecule has 1 N–H and O–H groups in total. The lowest BCUT2D eigenvalue weighted by atomic mass is 9.87. The highest BCUT2D eigenvalue weighted by atomic mass is 79.9. The number of fused-ring (bicyclic) bond motifs is 1. The SMILES string of the molecule is CC#CC(=O)N(c1ccc2c(n1)c(OC1CCC(C(=O)O)CC1)nn2C)c1cc(C)c(Br)cc1C1CC1. The van der Waals surface area contributed by atoms with Crippen molar-refractivity contribution in [3.05, 3.63) is 39.9 Å². The second-order valence-corrected chi connectivity index (χ2v) is 10.7. The summed E-state index contributed by atoms with van der Waals surface area (Å²) < 4.78 is 8.97. The normalized spacial score (nSPS) is 19.2. The maximum atomic E-state index is 13.4. The average molecular weight is 565 g/mol. The highest BCUT2D eigenvalue weighted by molar-refractivity contribution is 9.10. The summed E-state index contributed by atoms with van der Waals surface area (Å²) in [5, 5.41) is 13.8. The number of pyridine rings is 1. The van der Waals surface area contributed by atoms with Crippen molar-refractivity contribution in [1.82, 2.24) is 14.8 Å². The van der Waals surface area contributed by atoms with Crippen LogP contribution in [0.25, 0.3) is 11.0 Å². The zero-order valence-electron chi connectivity index (χ0n) is 21.1. The maximum absolute atomic E-state index is 13.4. The number of aryl methyl sites for hydroxylation is 2. The lowest BCUT2D eigenvalue weighted by Crippen LogP contribution is -2.28. The molecule has 0 bridgehead atoms. The van der Waals surface area contributed by atoms with Crippen LogP contribution in [0.2, 0.25) is 0 Å². The van der Waals surface area contributed by atoms with Crippen molar-refractivity contribution in [3.8, 4) is 17.7 Å². The van der Waals surface area contributed by atoms with E-state index in [-0.39, 0.29) is 17.9 Å². The third-order valence-electron chi connectivity index (χ3n) is 7.18. The zero-order valence-corrected chi connectivity index (χ0v) is 22.7. The van der Waals surface area contributed by atoms with Crippen molar-refractivity contribution in [1.29, 1.82) is 0 Å². The molecule has 5 rings (SSSR count). The second-order valence-electron chi connectivity index (χ2n) is 9.85. The van der Waals surface area contributed by atoms with E-state index in [2.05, 4.69) is 38.9 Å². The third-order valence-corrected chi connectivity index (χ3v) is 8.04. The summed E-state index contributed by atoms with van der Waals surface area (Å²) in [4.78, 5) is 31.2. The number of carbonyl (C=O) groups excluding carboxylic acids is 1. The van der Waals surface area contributed by atoms with Crippen LogP contribution in [0.1, 0.15) is 62.5 Å². The van der Waals surface area contributed by atoms with Crippen molar-refractivity contribution in [3.63, 3.8) is 0 Å². The Morgan fingerprint density at radius 2 is 1.89 bits per heavy atom. The molecule has 2 fully saturated rings. The van der Waals surface area contributed by atoms with Crippen molar-refractivity contribution < 1.29 is 19.4 Å². The van der Waals surface area contributed by atoms with Crippen LogP contribution >= 0.6 is 15.9 Å². The van der Waals surface area contributed by atoms with Crippen molar-refractivity contribution in [2.75, 3.05) is 4.90 Å². The fourth-order valence-corrected chi connectivity index (χ4v) is 5.34. The number of carbonyl (C=O) groups is 2. The quantitative estimate of drug-likeness (QED) is 0.390. The van der Waals surface area contributed by atoms with E-state index >= 15 is 0 Å². The molecule has 0 saturated heterocycles. The molecule has 2 heterocycles. The highest BCUT2D eigenvalue weighted by Crippen LogP contribution is 2.47. The molecular weight excluding hydrogens is 536 g/mol. The van der Waals surface area contributed by atoms with Gasteiger partial charge in [-0.1, -0.05) is 21.9 Å². The summed E-state index contributed by atoms with van der Waals surface area (Å²) in [5.74, 6) is 5.26. The second kappa shape index (κ2) is 10.2. The number of aliphatic carboxylic acids is 1. The molecule has 1 aromatic carbocycles. The number of ether oxygens (including phenoxy) is 1. The van der Waals surface area contributed by atoms with Gasteiger partial charge in [-0.2, -0.15) is 0 Å². The van der Waals surface area contributed by atoms with E-state index in [1.54, 1.807) is 16.5 Å². The largest absolute Gasteiger partial charge is 0.481 e. The van der Waals surface area contributed by atoms with Crippen molar-refractivity contribution in [2.45, 2.75) is 64.4 Å². The minimum Gasteiger partial charge on any atom is -0.481 e. The van der Waals surface area contributed by atoms with Crippen LogP contribution in [-0.2, 0) is 16.6 Å². The first-order valence-corrected chi connectivity index (χ1v) is 13.4. The Bertz CT molecular complexity index is 1440. The van der Waals surface area contributed by atoms with Gasteiger partial charge in [-0.3, -0.25) is 19.2 Å². The first-order chi connectivity index (χ1) is 17.8. The van der Waals surface area contributed by atoms with Crippen LogP contribution in [0.4, 0.5) is 11.5 Å². The van der Waals surface area contributed by atoms with Crippen LogP contribution in [0, 0.1) is 24.7 Å². The van der Waals surface area contributed by atoms with Crippen LogP contribution in [-0.4, -0.2) is 37.9 Å². The number of aromatic nitrogens is 3. The van der Waals surface area contributed by atoms with E-state index in [1.807, 2.05) is 32.2 Å². The van der Waals surface area contributed by atoms with Gasteiger partial charge in [0, 0.05) is 11.5 Å². The molecule has 0 spiro atoms. The first kappa shape index (κ1) is 25.3. The first-order valence-electron chi connectivity index (χ1n) is 12.6. The number of carboxylic acid groups (broad SMARTS) is 1. The molecule has 0 atom stereocenters. The number of hydrogen-bond donors (Lipinski definition) is 1. The predicted molar refractivity (Wildman–Crippen MR) is 144 cm³/mol. The summed E-state index contributed by atoms with van der Waals surface area (Å²) in [5.41, 5.74) is 4.25. The number of hydrogen-bond acceptors (Lipinski definition) is 5. The molecule has 1 amide bonds. The van der Waals surface area contributed by atoms with E-state index in [9.17, 15) is 14.7 Å². The van der Waals surface area contributed by atoms with Crippen LogP contribution < -0.4 is 9.64 Å². The van der Waals surface area contributed by atoms with E-state index in [4.69, 9.17) is 9.72 Å². The fraction of sp³-hybridized carbons (Fsp3) is 0.429. The summed E-state index contributed by atoms with van der Waals surface area (Å²) in [7, 11) is 1.83. The number of amides is 1. The smallest absolute Gasteiger partial charge is 0.308 e. The molecule has 9 heteroatoms. The topological polar surface area (TPSA) is 97.6 Å². The molecular formula is C28H29BrN4O4. The molecule has 0 radical (unpaired) electrons. The predicted octanol–water partition coefficient (Wildman–Crippen LogP) is 5.63. The molecule has 2 aromatic heterocycles. The molecule has 2 aliphatic carbocycles. The lowest BCUT2D eigenvalue weighted by Gasteiger charge is -2.26. The number of carboxylic acids is 1. The fourth-order valence-electron chi connectivity index (χ4n) is 4.98. The minimum absolute atomic E-state index is 0.126. The van der Waals surface area contributed by atoms with E-state index in [0.717, 1.165) is 39.6 Å². The van der Waals surface area contributed by atoms with Gasteiger partial charge >= 0.3 is 11.9 Å². The Morgan fingerprint density at radius 1 is 1.16 bits per heavy atom. The van der Waals surface area contributed by atoms with Crippen LogP contribution in [0.5, 0.6) is 5.88 Å². The summed E-state index contributed by atoms with van der Waals surface area (Å²) >= 11 is 3.65. The molecule has 8 nitrogen and oxygen atoms in total. The van der Waals surface area contributed by atoms with E-state index in [0.29, 0.717) is 48.8 Å². The lowest BCUT2D eigenvalue weighted by molar-refractivity contribution is -0.143. The third kappa shape index (κ3) is 5.08. The molecule has 0 unspecified atom stereocenters. The summed E-state index contributed by atoms with van der Waals surface area (Å²) in [6.07, 6.45) is 4.49. The molecule has 3 aromatic rings. The summed E-state index contributed by atoms with van der Waals surface area (Å²) in [6, 6.07) is 7.82. The van der Waals surface area contributed by atoms with Gasteiger partial charge < -0.3 is 9.84 Å². The Hall–Kier alpha value is -3.38. The van der Waals surface area contributed by atoms with Crippen LogP contribution in [0.3, 0.4) is 0 Å². The Labute approximate surface area is 224 Å². The van der Waals surface area contributed by atoms with Gasteiger partial charge in [0.1, 0.15) is 11.9 Å². The molecule has 37 heavy (non-hydrogen) atoms. The van der Waals surface area contributed by atoms with Gasteiger partial charge in [0.2, 0.25) is 0 Å². The van der Waals surface area contributed by atoms with Crippen molar-refractivity contribution in [2.24, 2.45) is 13.0 Å². The number of nitrogens with zero attached hydrogens (tertiary/aromatic N) is 4. The van der Waals surface area contributed by atoms with Gasteiger partial charge in [-0.15, -0.1) is 5.10 Å². The van der Waals surface area contributed by atoms with Gasteiger partial charge in [0.15, 0.2) is 5.52 Å². The number of anilines is 2. The minimum atomic E-state index is -0.748. The maximum Gasteiger partial charge on any atom is 0.308 e. The Balaban J connectivity index is 1.55. The molecule has 192 valence electrons. The highest BCUT2D eigenvalue weighted by Gasteiger charge is 2.32. The van der Waals surface area contributed by atoms with Crippen molar-refractivity contribution >= 4 is 50.3 Å². The standard InChI is InChI=1S/C28H29BrN4O4/c1-4-5-25(34)33(23-14-16(2)21(29)15-20(23)17-6-7-17)24-13-12-22-26(30-24)27(31-32(22)3)37-19-10-8-18(9-11-19)28(35)36/h12-15,17-19H,6-11H2,1-3H3,(H,35,36). The Morgan fingerprint density at radius 3 is 2.54 bits per heavy atom. The molecule has 0 aliphatic heterocycles. The van der Waals surface area contributed by atoms with E-state index < -0.39 is 5.97 Å². The molecule has 2 aliphatic rings. The summed E-state index contributed by atoms with van der Waals surface area (Å²) in [6.45, 7) is 3.65. The van der Waals surface area contributed by atoms with Gasteiger partial charge in [0.05, 0.1) is 17.1 Å². The van der Waals surface area contributed by atoms with Crippen LogP contribution in [0.15, 0.2) is 28.7 Å². The Kier molecular flexibility index (Phi) is 6.95. The van der Waals surface area contributed by atoms with E-state index in [1.165, 1.54) is 0 Å². The number of halogens is 1. The number of benzene rings is 1. The number of rotatable bonds is 6. The van der Waals surface area contributed by atoms with Gasteiger partial charge in [-0.25, -0.2) is 4.98 Å². The van der Waals surface area contributed by atoms with Gasteiger partial charge in [-0.05, 0) is 99.6 Å². The van der Waals surface area contributed by atoms with Gasteiger partial charge in [0.25, 0.3) is 5.88 Å². The average Bonchev–Trinajstić information content (AvgIpc) is 3.67. The zero-order chi connectivity index (χ0) is 26.3.